The van der Waals surface area contributed by atoms with Crippen molar-refractivity contribution in [3.05, 3.63) is 0 Å². The van der Waals surface area contributed by atoms with Crippen molar-refractivity contribution in [1.29, 1.82) is 0 Å². The lowest BCUT2D eigenvalue weighted by molar-refractivity contribution is -0.139. The molecule has 0 saturated carbocycles. The van der Waals surface area contributed by atoms with Gasteiger partial charge in [-0.3, -0.25) is 11.3 Å². The Kier molecular flexibility index (Phi) is 4.97. The van der Waals surface area contributed by atoms with E-state index in [9.17, 15) is 13.2 Å². The molecular weight excluding hydrogens is 223 g/mol. The summed E-state index contributed by atoms with van der Waals surface area (Å²) in [7, 11) is 1.91. The summed E-state index contributed by atoms with van der Waals surface area (Å²) >= 11 is 0. The van der Waals surface area contributed by atoms with Crippen molar-refractivity contribution in [2.45, 2.75) is 31.2 Å². The number of nitrogens with zero attached hydrogens (tertiary/aromatic N) is 1. The van der Waals surface area contributed by atoms with Gasteiger partial charge in [0.25, 0.3) is 0 Å². The van der Waals surface area contributed by atoms with E-state index in [4.69, 9.17) is 10.6 Å². The molecule has 1 heterocycles. The monoisotopic (exact) mass is 241 g/mol. The van der Waals surface area contributed by atoms with Crippen molar-refractivity contribution in [1.82, 2.24) is 10.3 Å². The van der Waals surface area contributed by atoms with Crippen LogP contribution in [0.3, 0.4) is 0 Å². The van der Waals surface area contributed by atoms with E-state index in [-0.39, 0.29) is 12.5 Å². The van der Waals surface area contributed by atoms with E-state index >= 15 is 0 Å². The number of nitrogens with two attached hydrogens (primary N) is 1. The molecule has 1 rings (SSSR count). The summed E-state index contributed by atoms with van der Waals surface area (Å²) in [6.45, 7) is 1.94. The summed E-state index contributed by atoms with van der Waals surface area (Å²) < 4.78 is 41.6. The summed E-state index contributed by atoms with van der Waals surface area (Å²) in [5.74, 6) is 5.26. The SMILES string of the molecule is CN1CCOC(C(CCC(F)(F)F)NN)C1. The highest BCUT2D eigenvalue weighted by atomic mass is 19.4. The summed E-state index contributed by atoms with van der Waals surface area (Å²) in [6, 6.07) is -0.454. The zero-order valence-corrected chi connectivity index (χ0v) is 9.26. The van der Waals surface area contributed by atoms with Gasteiger partial charge in [-0.2, -0.15) is 13.2 Å². The van der Waals surface area contributed by atoms with Gasteiger partial charge < -0.3 is 9.64 Å². The molecule has 1 fully saturated rings. The zero-order valence-electron chi connectivity index (χ0n) is 9.26. The van der Waals surface area contributed by atoms with Crippen molar-refractivity contribution >= 4 is 0 Å². The fraction of sp³-hybridized carbons (Fsp3) is 1.00. The molecule has 0 spiro atoms. The van der Waals surface area contributed by atoms with Gasteiger partial charge >= 0.3 is 6.18 Å². The van der Waals surface area contributed by atoms with E-state index < -0.39 is 18.6 Å². The number of hydrogen-bond acceptors (Lipinski definition) is 4. The van der Waals surface area contributed by atoms with E-state index in [0.29, 0.717) is 13.2 Å². The van der Waals surface area contributed by atoms with Crippen LogP contribution in [0.15, 0.2) is 0 Å². The van der Waals surface area contributed by atoms with E-state index in [0.717, 1.165) is 6.54 Å². The van der Waals surface area contributed by atoms with Gasteiger partial charge in [0.15, 0.2) is 0 Å². The van der Waals surface area contributed by atoms with Crippen LogP contribution < -0.4 is 11.3 Å². The zero-order chi connectivity index (χ0) is 12.2. The fourth-order valence-corrected chi connectivity index (χ4v) is 1.75. The lowest BCUT2D eigenvalue weighted by Crippen LogP contribution is -2.53. The van der Waals surface area contributed by atoms with Crippen LogP contribution >= 0.6 is 0 Å². The lowest BCUT2D eigenvalue weighted by Gasteiger charge is -2.35. The van der Waals surface area contributed by atoms with Crippen LogP contribution in [0.2, 0.25) is 0 Å². The lowest BCUT2D eigenvalue weighted by atomic mass is 10.0. The molecule has 7 heteroatoms. The number of morpholine rings is 1. The highest BCUT2D eigenvalue weighted by molar-refractivity contribution is 4.81. The molecule has 0 aromatic rings. The number of nitrogens with one attached hydrogen (secondary N) is 1. The topological polar surface area (TPSA) is 50.5 Å². The number of rotatable bonds is 4. The number of hydrogen-bond donors (Lipinski definition) is 2. The van der Waals surface area contributed by atoms with Gasteiger partial charge in [0.05, 0.1) is 12.7 Å². The number of halogens is 3. The van der Waals surface area contributed by atoms with Crippen LogP contribution in [0.1, 0.15) is 12.8 Å². The van der Waals surface area contributed by atoms with E-state index in [2.05, 4.69) is 5.43 Å². The molecule has 16 heavy (non-hydrogen) atoms. The first-order valence-electron chi connectivity index (χ1n) is 5.25. The maximum absolute atomic E-state index is 12.1. The Hall–Kier alpha value is -0.370. The summed E-state index contributed by atoms with van der Waals surface area (Å²) in [6.07, 6.45) is -5.31. The van der Waals surface area contributed by atoms with Gasteiger partial charge in [0, 0.05) is 25.6 Å². The van der Waals surface area contributed by atoms with Gasteiger partial charge in [0.2, 0.25) is 0 Å². The second-order valence-corrected chi connectivity index (χ2v) is 4.10. The Labute approximate surface area is 92.9 Å². The van der Waals surface area contributed by atoms with Crippen LogP contribution in [0.5, 0.6) is 0 Å². The maximum Gasteiger partial charge on any atom is 0.389 e. The third-order valence-electron chi connectivity index (χ3n) is 2.70. The minimum atomic E-state index is -4.14. The predicted molar refractivity (Wildman–Crippen MR) is 53.6 cm³/mol. The highest BCUT2D eigenvalue weighted by Gasteiger charge is 2.32. The van der Waals surface area contributed by atoms with Crippen LogP contribution in [0.4, 0.5) is 13.2 Å². The highest BCUT2D eigenvalue weighted by Crippen LogP contribution is 2.23. The molecule has 1 aliphatic heterocycles. The van der Waals surface area contributed by atoms with Crippen LogP contribution in [0, 0.1) is 0 Å². The van der Waals surface area contributed by atoms with Crippen molar-refractivity contribution in [2.75, 3.05) is 26.7 Å². The molecule has 0 radical (unpaired) electrons. The van der Waals surface area contributed by atoms with Crippen molar-refractivity contribution in [3.8, 4) is 0 Å². The normalized spacial score (nSPS) is 25.7. The minimum Gasteiger partial charge on any atom is -0.374 e. The first-order valence-corrected chi connectivity index (χ1v) is 5.25. The summed E-state index contributed by atoms with van der Waals surface area (Å²) in [5, 5.41) is 0. The molecule has 2 atom stereocenters. The molecule has 0 bridgehead atoms. The second kappa shape index (κ2) is 5.81. The molecule has 2 unspecified atom stereocenters. The minimum absolute atomic E-state index is 0.0570. The Balaban J connectivity index is 2.40. The standard InChI is InChI=1S/C9H18F3N3O/c1-15-4-5-16-8(6-15)7(14-13)2-3-9(10,11)12/h7-8,14H,2-6,13H2,1H3. The predicted octanol–water partition coefficient (Wildman–Crippen LogP) is 0.491. The number of alkyl halides is 3. The Morgan fingerprint density at radius 3 is 2.75 bits per heavy atom. The third kappa shape index (κ3) is 4.65. The smallest absolute Gasteiger partial charge is 0.374 e. The van der Waals surface area contributed by atoms with Gasteiger partial charge in [0.1, 0.15) is 0 Å². The largest absolute Gasteiger partial charge is 0.389 e. The molecule has 3 N–H and O–H groups in total. The second-order valence-electron chi connectivity index (χ2n) is 4.10. The quantitative estimate of drug-likeness (QED) is 0.555. The molecule has 1 aliphatic rings. The van der Waals surface area contributed by atoms with E-state index in [1.165, 1.54) is 0 Å². The van der Waals surface area contributed by atoms with Gasteiger partial charge in [-0.15, -0.1) is 0 Å². The average Bonchev–Trinajstić information content (AvgIpc) is 2.17. The Morgan fingerprint density at radius 2 is 2.25 bits per heavy atom. The third-order valence-corrected chi connectivity index (χ3v) is 2.70. The molecular formula is C9H18F3N3O. The summed E-state index contributed by atoms with van der Waals surface area (Å²) in [4.78, 5) is 2.02. The van der Waals surface area contributed by atoms with Crippen molar-refractivity contribution in [2.24, 2.45) is 5.84 Å². The van der Waals surface area contributed by atoms with Crippen LogP contribution in [-0.4, -0.2) is 50.0 Å². The fourth-order valence-electron chi connectivity index (χ4n) is 1.75. The number of hydrazine groups is 1. The molecule has 4 nitrogen and oxygen atoms in total. The first kappa shape index (κ1) is 13.7. The average molecular weight is 241 g/mol. The Bertz CT molecular complexity index is 213. The number of ether oxygens (including phenoxy) is 1. The van der Waals surface area contributed by atoms with Gasteiger partial charge in [-0.1, -0.05) is 0 Å². The molecule has 0 aromatic heterocycles. The molecule has 0 aromatic carbocycles. The number of likely N-dealkylation sites (N-methyl/N-ethyl adjacent to an activating group) is 1. The van der Waals surface area contributed by atoms with Crippen molar-refractivity contribution in [3.63, 3.8) is 0 Å². The molecule has 0 aliphatic carbocycles. The van der Waals surface area contributed by atoms with Gasteiger partial charge in [-0.05, 0) is 13.5 Å². The first-order chi connectivity index (χ1) is 7.42. The maximum atomic E-state index is 12.1. The molecule has 1 saturated heterocycles. The van der Waals surface area contributed by atoms with Crippen LogP contribution in [0.25, 0.3) is 0 Å². The molecule has 96 valence electrons. The van der Waals surface area contributed by atoms with Crippen LogP contribution in [-0.2, 0) is 4.74 Å². The van der Waals surface area contributed by atoms with E-state index in [1.54, 1.807) is 0 Å². The molecule has 0 amide bonds. The van der Waals surface area contributed by atoms with Gasteiger partial charge in [-0.25, -0.2) is 0 Å². The van der Waals surface area contributed by atoms with E-state index in [1.807, 2.05) is 11.9 Å². The van der Waals surface area contributed by atoms with Crippen molar-refractivity contribution < 1.29 is 17.9 Å². The summed E-state index contributed by atoms with van der Waals surface area (Å²) in [5.41, 5.74) is 2.41. The Morgan fingerprint density at radius 1 is 1.56 bits per heavy atom.